The van der Waals surface area contributed by atoms with Crippen LogP contribution in [0.1, 0.15) is 87.8 Å². The third-order valence-corrected chi connectivity index (χ3v) is 11.1. The molecule has 0 bridgehead atoms. The molecule has 7 rings (SSSR count). The first-order valence-electron chi connectivity index (χ1n) is 15.5. The fourth-order valence-corrected chi connectivity index (χ4v) is 8.95. The molecule has 0 aromatic carbocycles. The molecule has 2 N–H and O–H groups in total. The summed E-state index contributed by atoms with van der Waals surface area (Å²) < 4.78 is 45.9. The highest BCUT2D eigenvalue weighted by molar-refractivity contribution is 5.56. The summed E-state index contributed by atoms with van der Waals surface area (Å²) in [6.45, 7) is 3.17. The van der Waals surface area contributed by atoms with Gasteiger partial charge in [0.1, 0.15) is 0 Å². The molecule has 4 heterocycles. The molecule has 0 amide bonds. The van der Waals surface area contributed by atoms with Crippen LogP contribution in [0, 0.1) is 23.2 Å². The Kier molecular flexibility index (Phi) is 6.84. The number of hydrogen-bond donors (Lipinski definition) is 2. The molecule has 3 saturated carbocycles. The summed E-state index contributed by atoms with van der Waals surface area (Å²) in [5, 5.41) is 0. The molecule has 1 spiro atoms. The molecule has 2 saturated heterocycles. The van der Waals surface area contributed by atoms with Gasteiger partial charge in [-0.25, -0.2) is 15.6 Å². The number of nitrogens with zero attached hydrogens (tertiary/aromatic N) is 4. The highest BCUT2D eigenvalue weighted by Crippen LogP contribution is 2.48. The van der Waals surface area contributed by atoms with Crippen LogP contribution >= 0.6 is 0 Å². The van der Waals surface area contributed by atoms with Crippen molar-refractivity contribution in [1.82, 2.24) is 29.6 Å². The highest BCUT2D eigenvalue weighted by atomic mass is 19.4. The second-order valence-electron chi connectivity index (χ2n) is 13.7. The summed E-state index contributed by atoms with van der Waals surface area (Å²) in [5.41, 5.74) is 6.68. The molecule has 2 aromatic heterocycles. The predicted octanol–water partition coefficient (Wildman–Crippen LogP) is 4.97. The average molecular weight is 561 g/mol. The fraction of sp³-hybridized carbons (Fsp3) is 0.767. The second-order valence-corrected chi connectivity index (χ2v) is 13.7. The minimum atomic E-state index is -4.52. The number of hydrogen-bond acceptors (Lipinski definition) is 5. The number of halogens is 3. The van der Waals surface area contributed by atoms with E-state index >= 15 is 0 Å². The van der Waals surface area contributed by atoms with Crippen LogP contribution in [0.3, 0.4) is 0 Å². The van der Waals surface area contributed by atoms with Gasteiger partial charge in [0.25, 0.3) is 0 Å². The van der Waals surface area contributed by atoms with E-state index in [1.54, 1.807) is 10.8 Å². The van der Waals surface area contributed by atoms with E-state index in [9.17, 15) is 18.0 Å². The van der Waals surface area contributed by atoms with Crippen molar-refractivity contribution in [2.24, 2.45) is 23.2 Å². The van der Waals surface area contributed by atoms with Gasteiger partial charge in [0.05, 0.1) is 23.9 Å². The number of hydrazine groups is 1. The van der Waals surface area contributed by atoms with E-state index in [0.717, 1.165) is 45.4 Å². The van der Waals surface area contributed by atoms with E-state index in [1.165, 1.54) is 61.6 Å². The Balaban J connectivity index is 1.17. The van der Waals surface area contributed by atoms with Crippen LogP contribution in [-0.4, -0.2) is 51.7 Å². The Hall–Kier alpha value is -1.88. The van der Waals surface area contributed by atoms with Gasteiger partial charge < -0.3 is 0 Å². The first-order chi connectivity index (χ1) is 19.2. The van der Waals surface area contributed by atoms with E-state index in [0.29, 0.717) is 35.3 Å². The molecule has 4 atom stereocenters. The first kappa shape index (κ1) is 27.0. The normalized spacial score (nSPS) is 30.6. The van der Waals surface area contributed by atoms with Crippen LogP contribution in [0.4, 0.5) is 13.2 Å². The summed E-state index contributed by atoms with van der Waals surface area (Å²) in [5.74, 6) is 1.57. The molecule has 7 nitrogen and oxygen atoms in total. The number of fused-ring (bicyclic) bond motifs is 1. The maximum absolute atomic E-state index is 14.3. The van der Waals surface area contributed by atoms with Crippen molar-refractivity contribution in [2.75, 3.05) is 26.8 Å². The summed E-state index contributed by atoms with van der Waals surface area (Å²) in [7, 11) is 2.14. The monoisotopic (exact) mass is 560 g/mol. The zero-order valence-electron chi connectivity index (χ0n) is 23.6. The summed E-state index contributed by atoms with van der Waals surface area (Å²) in [4.78, 5) is 18.3. The lowest BCUT2D eigenvalue weighted by atomic mass is 9.65. The third-order valence-electron chi connectivity index (χ3n) is 11.1. The number of likely N-dealkylation sites (tertiary alicyclic amines) is 1. The van der Waals surface area contributed by atoms with Crippen LogP contribution < -0.4 is 16.5 Å². The largest absolute Gasteiger partial charge is 0.418 e. The lowest BCUT2D eigenvalue weighted by molar-refractivity contribution is -0.136. The molecule has 220 valence electrons. The van der Waals surface area contributed by atoms with Gasteiger partial charge in [0.2, 0.25) is 0 Å². The molecule has 3 unspecified atom stereocenters. The Morgan fingerprint density at radius 3 is 2.40 bits per heavy atom. The van der Waals surface area contributed by atoms with Gasteiger partial charge in [-0.3, -0.25) is 18.8 Å². The smallest absolute Gasteiger partial charge is 0.298 e. The Labute approximate surface area is 234 Å². The summed E-state index contributed by atoms with van der Waals surface area (Å²) >= 11 is 0. The number of alkyl halides is 3. The van der Waals surface area contributed by atoms with E-state index < -0.39 is 11.7 Å². The number of nitrogens with one attached hydrogen (secondary N) is 2. The van der Waals surface area contributed by atoms with E-state index in [4.69, 9.17) is 0 Å². The van der Waals surface area contributed by atoms with Gasteiger partial charge in [-0.05, 0) is 74.0 Å². The van der Waals surface area contributed by atoms with Gasteiger partial charge in [0, 0.05) is 38.1 Å². The van der Waals surface area contributed by atoms with Crippen molar-refractivity contribution in [3.63, 3.8) is 0 Å². The predicted molar refractivity (Wildman–Crippen MR) is 147 cm³/mol. The molecule has 10 heteroatoms. The quantitative estimate of drug-likeness (QED) is 0.523. The van der Waals surface area contributed by atoms with E-state index in [-0.39, 0.29) is 23.4 Å². The SMILES string of the molecule is CN1CNNC1[C@H](C1CCC1)C1CCCC(n2cc3c(C(F)(F)F)cc(CN4CC5(CCCC5)C4)cn3c2=O)C1. The molecule has 3 aliphatic carbocycles. The lowest BCUT2D eigenvalue weighted by Crippen LogP contribution is -2.54. The Bertz CT molecular complexity index is 1280. The Morgan fingerprint density at radius 1 is 1.02 bits per heavy atom. The summed E-state index contributed by atoms with van der Waals surface area (Å²) in [6.07, 6.45) is 11.4. The van der Waals surface area contributed by atoms with Crippen LogP contribution in [-0.2, 0) is 12.7 Å². The zero-order chi connectivity index (χ0) is 27.6. The van der Waals surface area contributed by atoms with Crippen molar-refractivity contribution in [3.8, 4) is 0 Å². The van der Waals surface area contributed by atoms with Crippen molar-refractivity contribution in [1.29, 1.82) is 0 Å². The third kappa shape index (κ3) is 4.72. The minimum absolute atomic E-state index is 0.0174. The molecule has 0 radical (unpaired) electrons. The van der Waals surface area contributed by atoms with Crippen LogP contribution in [0.5, 0.6) is 0 Å². The van der Waals surface area contributed by atoms with E-state index in [2.05, 4.69) is 27.7 Å². The number of aromatic nitrogens is 2. The molecule has 5 aliphatic rings. The second kappa shape index (κ2) is 10.1. The molecule has 40 heavy (non-hydrogen) atoms. The van der Waals surface area contributed by atoms with Crippen LogP contribution in [0.15, 0.2) is 23.3 Å². The van der Waals surface area contributed by atoms with Crippen molar-refractivity contribution in [3.05, 3.63) is 40.1 Å². The molecule has 2 aromatic rings. The molecule has 2 aliphatic heterocycles. The molecule has 5 fully saturated rings. The number of pyridine rings is 1. The highest BCUT2D eigenvalue weighted by Gasteiger charge is 2.45. The van der Waals surface area contributed by atoms with Crippen molar-refractivity contribution >= 4 is 5.52 Å². The van der Waals surface area contributed by atoms with Gasteiger partial charge in [-0.15, -0.1) is 0 Å². The minimum Gasteiger partial charge on any atom is -0.298 e. The van der Waals surface area contributed by atoms with Crippen LogP contribution in [0.25, 0.3) is 5.52 Å². The summed E-state index contributed by atoms with van der Waals surface area (Å²) in [6, 6.07) is 1.21. The molecular formula is C30H43F3N6O. The van der Waals surface area contributed by atoms with Gasteiger partial charge in [-0.1, -0.05) is 38.5 Å². The number of imidazole rings is 1. The van der Waals surface area contributed by atoms with Gasteiger partial charge in [-0.2, -0.15) is 13.2 Å². The van der Waals surface area contributed by atoms with Crippen molar-refractivity contribution in [2.45, 2.75) is 95.6 Å². The standard InChI is InChI=1S/C30H43F3N6O/c1-36-19-34-35-27(36)26(21-6-4-7-21)22-8-5-9-23(13-22)38-16-25-24(30(31,32)33)12-20(15-39(25)28(38)40)14-37-17-29(18-37)10-2-3-11-29/h12,15-16,21-23,26-27,34-35H,2-11,13-14,17-19H2,1H3/t22?,23?,26-,27?/m1/s1. The maximum Gasteiger partial charge on any atom is 0.418 e. The fourth-order valence-electron chi connectivity index (χ4n) is 8.95. The zero-order valence-corrected chi connectivity index (χ0v) is 23.6. The van der Waals surface area contributed by atoms with Gasteiger partial charge in [0.15, 0.2) is 0 Å². The topological polar surface area (TPSA) is 56.9 Å². The maximum atomic E-state index is 14.3. The van der Waals surface area contributed by atoms with E-state index in [1.807, 2.05) is 0 Å². The van der Waals surface area contributed by atoms with Gasteiger partial charge >= 0.3 is 11.9 Å². The number of rotatable bonds is 6. The van der Waals surface area contributed by atoms with Crippen molar-refractivity contribution < 1.29 is 13.2 Å². The molecular weight excluding hydrogens is 517 g/mol. The average Bonchev–Trinajstić information content (AvgIpc) is 3.60. The first-order valence-corrected chi connectivity index (χ1v) is 15.5. The lowest BCUT2D eigenvalue weighted by Gasteiger charge is -2.48. The Morgan fingerprint density at radius 2 is 1.75 bits per heavy atom. The van der Waals surface area contributed by atoms with Crippen LogP contribution in [0.2, 0.25) is 0 Å².